The first-order valence-electron chi connectivity index (χ1n) is 10.5. The SMILES string of the molecule is COc1ccc(CNC(=O)N2CCN(c3ccc(-n4cnc(C)n4)cc3F)CC2)cc1C. The van der Waals surface area contributed by atoms with Crippen molar-refractivity contribution in [1.82, 2.24) is 25.0 Å². The monoisotopic (exact) mass is 438 g/mol. The second-order valence-corrected chi connectivity index (χ2v) is 7.81. The fraction of sp³-hybridized carbons (Fsp3) is 0.348. The second kappa shape index (κ2) is 9.25. The van der Waals surface area contributed by atoms with Gasteiger partial charge in [0.2, 0.25) is 0 Å². The van der Waals surface area contributed by atoms with E-state index in [2.05, 4.69) is 15.4 Å². The summed E-state index contributed by atoms with van der Waals surface area (Å²) in [5, 5.41) is 7.18. The Morgan fingerprint density at radius 3 is 2.53 bits per heavy atom. The van der Waals surface area contributed by atoms with Gasteiger partial charge in [0.1, 0.15) is 23.7 Å². The average molecular weight is 439 g/mol. The van der Waals surface area contributed by atoms with Crippen molar-refractivity contribution in [1.29, 1.82) is 0 Å². The van der Waals surface area contributed by atoms with Crippen molar-refractivity contribution in [3.63, 3.8) is 0 Å². The van der Waals surface area contributed by atoms with Crippen LogP contribution in [0.1, 0.15) is 17.0 Å². The quantitative estimate of drug-likeness (QED) is 0.663. The van der Waals surface area contributed by atoms with Gasteiger partial charge in [0.05, 0.1) is 18.5 Å². The van der Waals surface area contributed by atoms with Crippen molar-refractivity contribution in [2.24, 2.45) is 0 Å². The molecule has 1 aliphatic rings. The van der Waals surface area contributed by atoms with E-state index in [0.29, 0.717) is 49.9 Å². The summed E-state index contributed by atoms with van der Waals surface area (Å²) < 4.78 is 21.6. The van der Waals surface area contributed by atoms with Gasteiger partial charge in [-0.05, 0) is 43.2 Å². The number of benzene rings is 2. The minimum Gasteiger partial charge on any atom is -0.496 e. The topological polar surface area (TPSA) is 75.5 Å². The molecule has 1 fully saturated rings. The van der Waals surface area contributed by atoms with E-state index in [9.17, 15) is 9.18 Å². The van der Waals surface area contributed by atoms with Gasteiger partial charge < -0.3 is 19.9 Å². The highest BCUT2D eigenvalue weighted by Crippen LogP contribution is 2.23. The number of rotatable bonds is 5. The molecule has 1 aliphatic heterocycles. The number of methoxy groups -OCH3 is 1. The molecule has 1 aromatic heterocycles. The van der Waals surface area contributed by atoms with Crippen LogP contribution in [0.3, 0.4) is 0 Å². The van der Waals surface area contributed by atoms with Gasteiger partial charge in [-0.2, -0.15) is 5.10 Å². The third kappa shape index (κ3) is 4.66. The molecule has 0 saturated carbocycles. The zero-order valence-electron chi connectivity index (χ0n) is 18.5. The third-order valence-corrected chi connectivity index (χ3v) is 5.61. The van der Waals surface area contributed by atoms with Crippen LogP contribution < -0.4 is 15.0 Å². The Kier molecular flexibility index (Phi) is 6.25. The van der Waals surface area contributed by atoms with Gasteiger partial charge in [0.15, 0.2) is 0 Å². The number of halogens is 1. The maximum absolute atomic E-state index is 14.8. The normalized spacial score (nSPS) is 13.9. The molecule has 0 radical (unpaired) electrons. The molecule has 0 spiro atoms. The molecule has 4 rings (SSSR count). The van der Waals surface area contributed by atoms with Crippen molar-refractivity contribution in [2.45, 2.75) is 20.4 Å². The summed E-state index contributed by atoms with van der Waals surface area (Å²) >= 11 is 0. The summed E-state index contributed by atoms with van der Waals surface area (Å²) in [5.41, 5.74) is 3.19. The van der Waals surface area contributed by atoms with E-state index < -0.39 is 0 Å². The van der Waals surface area contributed by atoms with Crippen molar-refractivity contribution in [2.75, 3.05) is 38.2 Å². The largest absolute Gasteiger partial charge is 0.496 e. The number of nitrogens with one attached hydrogen (secondary N) is 1. The smallest absolute Gasteiger partial charge is 0.317 e. The minimum atomic E-state index is -0.316. The molecule has 0 aliphatic carbocycles. The van der Waals surface area contributed by atoms with Crippen LogP contribution >= 0.6 is 0 Å². The highest BCUT2D eigenvalue weighted by Gasteiger charge is 2.23. The molecule has 0 bridgehead atoms. The fourth-order valence-corrected chi connectivity index (χ4v) is 3.86. The molecule has 168 valence electrons. The van der Waals surface area contributed by atoms with Crippen molar-refractivity contribution in [3.05, 3.63) is 65.5 Å². The van der Waals surface area contributed by atoms with Crippen LogP contribution in [-0.4, -0.2) is 59.0 Å². The van der Waals surface area contributed by atoms with Crippen LogP contribution in [0.15, 0.2) is 42.7 Å². The number of aromatic nitrogens is 3. The molecule has 9 heteroatoms. The molecule has 2 aromatic carbocycles. The number of anilines is 1. The first-order chi connectivity index (χ1) is 15.4. The summed E-state index contributed by atoms with van der Waals surface area (Å²) in [7, 11) is 1.64. The van der Waals surface area contributed by atoms with Crippen LogP contribution in [0.5, 0.6) is 5.75 Å². The van der Waals surface area contributed by atoms with E-state index in [-0.39, 0.29) is 11.8 Å². The Morgan fingerprint density at radius 1 is 1.12 bits per heavy atom. The first-order valence-corrected chi connectivity index (χ1v) is 10.5. The van der Waals surface area contributed by atoms with Crippen LogP contribution in [0, 0.1) is 19.7 Å². The van der Waals surface area contributed by atoms with Gasteiger partial charge in [-0.3, -0.25) is 0 Å². The number of amides is 2. The molecular formula is C23H27FN6O2. The number of aryl methyl sites for hydroxylation is 2. The van der Waals surface area contributed by atoms with Crippen molar-refractivity contribution >= 4 is 11.7 Å². The molecule has 2 amide bonds. The van der Waals surface area contributed by atoms with Gasteiger partial charge in [-0.15, -0.1) is 0 Å². The van der Waals surface area contributed by atoms with Crippen LogP contribution in [0.2, 0.25) is 0 Å². The number of carbonyl (C=O) groups is 1. The number of ether oxygens (including phenoxy) is 1. The summed E-state index contributed by atoms with van der Waals surface area (Å²) in [6.45, 7) is 6.38. The third-order valence-electron chi connectivity index (χ3n) is 5.61. The van der Waals surface area contributed by atoms with E-state index in [1.807, 2.05) is 36.1 Å². The Morgan fingerprint density at radius 2 is 1.91 bits per heavy atom. The van der Waals surface area contributed by atoms with Gasteiger partial charge in [-0.1, -0.05) is 12.1 Å². The minimum absolute atomic E-state index is 0.115. The molecule has 32 heavy (non-hydrogen) atoms. The summed E-state index contributed by atoms with van der Waals surface area (Å²) in [6, 6.07) is 10.8. The van der Waals surface area contributed by atoms with Crippen LogP contribution in [0.4, 0.5) is 14.9 Å². The second-order valence-electron chi connectivity index (χ2n) is 7.81. The number of nitrogens with zero attached hydrogens (tertiary/aromatic N) is 5. The molecule has 8 nitrogen and oxygen atoms in total. The number of carbonyl (C=O) groups excluding carboxylic acids is 1. The van der Waals surface area contributed by atoms with Crippen LogP contribution in [0.25, 0.3) is 5.69 Å². The average Bonchev–Trinajstić information content (AvgIpc) is 3.24. The van der Waals surface area contributed by atoms with Gasteiger partial charge in [0, 0.05) is 38.8 Å². The molecule has 0 atom stereocenters. The van der Waals surface area contributed by atoms with E-state index in [1.54, 1.807) is 36.0 Å². The predicted octanol–water partition coefficient (Wildman–Crippen LogP) is 3.06. The molecule has 1 saturated heterocycles. The van der Waals surface area contributed by atoms with E-state index >= 15 is 0 Å². The first kappa shape index (κ1) is 21.6. The summed E-state index contributed by atoms with van der Waals surface area (Å²) in [5.74, 6) is 1.14. The highest BCUT2D eigenvalue weighted by molar-refractivity contribution is 5.74. The molecule has 1 N–H and O–H groups in total. The number of hydrogen-bond acceptors (Lipinski definition) is 5. The zero-order valence-corrected chi connectivity index (χ0v) is 18.5. The van der Waals surface area contributed by atoms with Crippen molar-refractivity contribution in [3.8, 4) is 11.4 Å². The molecular weight excluding hydrogens is 411 g/mol. The number of urea groups is 1. The van der Waals surface area contributed by atoms with Gasteiger partial charge in [-0.25, -0.2) is 18.9 Å². The lowest BCUT2D eigenvalue weighted by Crippen LogP contribution is -2.51. The van der Waals surface area contributed by atoms with E-state index in [0.717, 1.165) is 16.9 Å². The lowest BCUT2D eigenvalue weighted by Gasteiger charge is -2.36. The van der Waals surface area contributed by atoms with E-state index in [1.165, 1.54) is 6.07 Å². The predicted molar refractivity (Wildman–Crippen MR) is 120 cm³/mol. The van der Waals surface area contributed by atoms with E-state index in [4.69, 9.17) is 4.74 Å². The Labute approximate surface area is 186 Å². The fourth-order valence-electron chi connectivity index (χ4n) is 3.86. The Balaban J connectivity index is 1.31. The Hall–Kier alpha value is -3.62. The van der Waals surface area contributed by atoms with Crippen LogP contribution in [-0.2, 0) is 6.54 Å². The lowest BCUT2D eigenvalue weighted by molar-refractivity contribution is 0.194. The molecule has 2 heterocycles. The standard InChI is InChI=1S/C23H27FN6O2/c1-16-12-18(4-7-22(16)32-3)14-25-23(31)29-10-8-28(9-11-29)21-6-5-19(13-20(21)24)30-15-26-17(2)27-30/h4-7,12-13,15H,8-11,14H2,1-3H3,(H,25,31). The van der Waals surface area contributed by atoms with Crippen molar-refractivity contribution < 1.29 is 13.9 Å². The highest BCUT2D eigenvalue weighted by atomic mass is 19.1. The molecule has 0 unspecified atom stereocenters. The number of piperazine rings is 1. The molecule has 3 aromatic rings. The lowest BCUT2D eigenvalue weighted by atomic mass is 10.1. The maximum Gasteiger partial charge on any atom is 0.317 e. The van der Waals surface area contributed by atoms with Gasteiger partial charge >= 0.3 is 6.03 Å². The zero-order chi connectivity index (χ0) is 22.7. The maximum atomic E-state index is 14.8. The summed E-state index contributed by atoms with van der Waals surface area (Å²) in [4.78, 5) is 20.4. The summed E-state index contributed by atoms with van der Waals surface area (Å²) in [6.07, 6.45) is 1.56. The van der Waals surface area contributed by atoms with Gasteiger partial charge in [0.25, 0.3) is 0 Å². The Bertz CT molecular complexity index is 1110. The number of hydrogen-bond donors (Lipinski definition) is 1.